The van der Waals surface area contributed by atoms with Crippen molar-refractivity contribution in [1.29, 1.82) is 0 Å². The number of hydrogen-bond acceptors (Lipinski definition) is 0. The highest BCUT2D eigenvalue weighted by atomic mass is 14.9. The van der Waals surface area contributed by atoms with Crippen molar-refractivity contribution in [3.63, 3.8) is 0 Å². The lowest BCUT2D eigenvalue weighted by atomic mass is 9.91. The van der Waals surface area contributed by atoms with Crippen LogP contribution in [0, 0.1) is 0 Å². The largest absolute Gasteiger partial charge is 0.344 e. The van der Waals surface area contributed by atoms with Gasteiger partial charge in [0.1, 0.15) is 0 Å². The van der Waals surface area contributed by atoms with E-state index in [1.54, 1.807) is 0 Å². The number of benzene rings is 4. The lowest BCUT2D eigenvalue weighted by molar-refractivity contribution is 0.886. The molecule has 0 saturated heterocycles. The van der Waals surface area contributed by atoms with E-state index in [0.29, 0.717) is 0 Å². The highest BCUT2D eigenvalue weighted by Crippen LogP contribution is 2.41. The Balaban J connectivity index is 0.000000340. The molecule has 1 heteroatoms. The highest BCUT2D eigenvalue weighted by Gasteiger charge is 2.17. The minimum atomic E-state index is 1.21. The summed E-state index contributed by atoms with van der Waals surface area (Å²) in [7, 11) is 2.14. The second-order valence-corrected chi connectivity index (χ2v) is 8.46. The first-order valence-corrected chi connectivity index (χ1v) is 11.2. The summed E-state index contributed by atoms with van der Waals surface area (Å²) in [6.07, 6.45) is 13.8. The van der Waals surface area contributed by atoms with Gasteiger partial charge in [-0.2, -0.15) is 0 Å². The molecule has 1 fully saturated rings. The SMILES string of the molecule is C1CCCC1.C=Cc1c(/C=C\C)n(C)c2cc3ccc4cccc5ccc(c12)c3c45. The van der Waals surface area contributed by atoms with Crippen LogP contribution in [0.3, 0.4) is 0 Å². The molecule has 1 saturated carbocycles. The van der Waals surface area contributed by atoms with Crippen LogP contribution in [0.15, 0.2) is 61.2 Å². The smallest absolute Gasteiger partial charge is 0.0501 e. The van der Waals surface area contributed by atoms with Crippen LogP contribution in [0.5, 0.6) is 0 Å². The van der Waals surface area contributed by atoms with Gasteiger partial charge in [-0.3, -0.25) is 0 Å². The van der Waals surface area contributed by atoms with Crippen LogP contribution in [-0.2, 0) is 7.05 Å². The molecule has 0 bridgehead atoms. The number of rotatable bonds is 2. The summed E-state index contributed by atoms with van der Waals surface area (Å²) in [4.78, 5) is 0. The third-order valence-corrected chi connectivity index (χ3v) is 6.67. The maximum atomic E-state index is 4.10. The second kappa shape index (κ2) is 7.65. The molecule has 0 amide bonds. The molecule has 0 spiro atoms. The standard InChI is InChI=1S/C24H19N.C5H10/c1-4-7-20-18(5-2)24-19-13-12-16-9-6-8-15-10-11-17(23(19)22(15)16)14-21(24)25(20)3;1-2-4-5-3-1/h4-14H,2H2,1,3H3;1-5H2/b7-4-;. The Morgan fingerprint density at radius 3 is 2.07 bits per heavy atom. The molecular weight excluding hydrogens is 362 g/mol. The van der Waals surface area contributed by atoms with Crippen molar-refractivity contribution in [2.24, 2.45) is 7.05 Å². The molecule has 6 rings (SSSR count). The third kappa shape index (κ3) is 2.84. The number of aryl methyl sites for hydroxylation is 1. The molecule has 0 atom stereocenters. The zero-order valence-corrected chi connectivity index (χ0v) is 18.0. The van der Waals surface area contributed by atoms with E-state index in [0.717, 1.165) is 0 Å². The number of aromatic nitrogens is 1. The summed E-state index contributed by atoms with van der Waals surface area (Å²) in [5.74, 6) is 0. The average Bonchev–Trinajstić information content (AvgIpc) is 3.44. The number of fused-ring (bicyclic) bond motifs is 2. The molecule has 1 aliphatic rings. The summed E-state index contributed by atoms with van der Waals surface area (Å²) >= 11 is 0. The van der Waals surface area contributed by atoms with Crippen molar-refractivity contribution >= 4 is 55.4 Å². The fourth-order valence-electron chi connectivity index (χ4n) is 5.23. The third-order valence-electron chi connectivity index (χ3n) is 6.67. The Hall–Kier alpha value is -3.06. The van der Waals surface area contributed by atoms with E-state index >= 15 is 0 Å². The van der Waals surface area contributed by atoms with Gasteiger partial charge in [0.2, 0.25) is 0 Å². The quantitative estimate of drug-likeness (QED) is 0.265. The molecule has 0 N–H and O–H groups in total. The molecule has 0 aliphatic heterocycles. The Labute approximate surface area is 178 Å². The molecule has 150 valence electrons. The maximum absolute atomic E-state index is 4.10. The van der Waals surface area contributed by atoms with E-state index in [4.69, 9.17) is 0 Å². The monoisotopic (exact) mass is 391 g/mol. The van der Waals surface area contributed by atoms with Crippen molar-refractivity contribution in [3.05, 3.63) is 72.4 Å². The lowest BCUT2D eigenvalue weighted by Gasteiger charge is -2.12. The van der Waals surface area contributed by atoms with Crippen LogP contribution in [0.2, 0.25) is 0 Å². The van der Waals surface area contributed by atoms with Crippen LogP contribution in [0.4, 0.5) is 0 Å². The van der Waals surface area contributed by atoms with E-state index in [1.165, 1.54) is 86.6 Å². The zero-order valence-electron chi connectivity index (χ0n) is 18.0. The maximum Gasteiger partial charge on any atom is 0.0501 e. The normalized spacial score (nSPS) is 14.3. The van der Waals surface area contributed by atoms with E-state index in [1.807, 2.05) is 6.08 Å². The molecule has 1 aliphatic carbocycles. The Bertz CT molecular complexity index is 1370. The van der Waals surface area contributed by atoms with Crippen molar-refractivity contribution in [1.82, 2.24) is 4.57 Å². The first-order valence-electron chi connectivity index (χ1n) is 11.2. The predicted octanol–water partition coefficient (Wildman–Crippen LogP) is 8.70. The average molecular weight is 392 g/mol. The molecule has 1 nitrogen and oxygen atoms in total. The van der Waals surface area contributed by atoms with Gasteiger partial charge in [0.15, 0.2) is 0 Å². The Morgan fingerprint density at radius 2 is 1.43 bits per heavy atom. The second-order valence-electron chi connectivity index (χ2n) is 8.46. The van der Waals surface area contributed by atoms with Gasteiger partial charge in [-0.25, -0.2) is 0 Å². The van der Waals surface area contributed by atoms with Crippen molar-refractivity contribution in [2.75, 3.05) is 0 Å². The van der Waals surface area contributed by atoms with Gasteiger partial charge in [0.05, 0.1) is 5.52 Å². The lowest BCUT2D eigenvalue weighted by Crippen LogP contribution is -1.91. The molecule has 0 unspecified atom stereocenters. The van der Waals surface area contributed by atoms with Crippen molar-refractivity contribution in [3.8, 4) is 0 Å². The van der Waals surface area contributed by atoms with E-state index in [-0.39, 0.29) is 0 Å². The molecule has 4 aromatic carbocycles. The molecule has 1 aromatic heterocycles. The van der Waals surface area contributed by atoms with Crippen molar-refractivity contribution in [2.45, 2.75) is 39.0 Å². The summed E-state index contributed by atoms with van der Waals surface area (Å²) in [5, 5.41) is 9.26. The molecule has 30 heavy (non-hydrogen) atoms. The summed E-state index contributed by atoms with van der Waals surface area (Å²) in [5.41, 5.74) is 3.69. The number of nitrogens with zero attached hydrogens (tertiary/aromatic N) is 1. The fourth-order valence-corrected chi connectivity index (χ4v) is 5.23. The topological polar surface area (TPSA) is 4.93 Å². The van der Waals surface area contributed by atoms with E-state index in [2.05, 4.69) is 85.8 Å². The van der Waals surface area contributed by atoms with Gasteiger partial charge in [0, 0.05) is 23.7 Å². The summed E-state index contributed by atoms with van der Waals surface area (Å²) < 4.78 is 2.28. The highest BCUT2D eigenvalue weighted by molar-refractivity contribution is 6.29. The number of hydrogen-bond donors (Lipinski definition) is 0. The van der Waals surface area contributed by atoms with Gasteiger partial charge in [-0.15, -0.1) is 0 Å². The minimum absolute atomic E-state index is 1.21. The van der Waals surface area contributed by atoms with Crippen LogP contribution >= 0.6 is 0 Å². The van der Waals surface area contributed by atoms with Gasteiger partial charge < -0.3 is 4.57 Å². The minimum Gasteiger partial charge on any atom is -0.344 e. The molecule has 5 aromatic rings. The van der Waals surface area contributed by atoms with Gasteiger partial charge >= 0.3 is 0 Å². The van der Waals surface area contributed by atoms with E-state index in [9.17, 15) is 0 Å². The Kier molecular flexibility index (Phi) is 4.83. The summed E-state index contributed by atoms with van der Waals surface area (Å²) in [6, 6.07) is 17.9. The fraction of sp³-hybridized carbons (Fsp3) is 0.241. The van der Waals surface area contributed by atoms with Gasteiger partial charge in [0.25, 0.3) is 0 Å². The van der Waals surface area contributed by atoms with Crippen LogP contribution in [0.1, 0.15) is 50.3 Å². The van der Waals surface area contributed by atoms with Gasteiger partial charge in [-0.1, -0.05) is 93.3 Å². The molecule has 0 radical (unpaired) electrons. The predicted molar refractivity (Wildman–Crippen MR) is 135 cm³/mol. The van der Waals surface area contributed by atoms with Crippen LogP contribution < -0.4 is 0 Å². The molecular formula is C29H29N. The van der Waals surface area contributed by atoms with E-state index < -0.39 is 0 Å². The molecule has 1 heterocycles. The summed E-state index contributed by atoms with van der Waals surface area (Å²) in [6.45, 7) is 6.16. The van der Waals surface area contributed by atoms with Crippen LogP contribution in [0.25, 0.3) is 55.4 Å². The zero-order chi connectivity index (χ0) is 20.7. The Morgan fingerprint density at radius 1 is 0.800 bits per heavy atom. The number of allylic oxidation sites excluding steroid dienone is 1. The van der Waals surface area contributed by atoms with Crippen molar-refractivity contribution < 1.29 is 0 Å². The van der Waals surface area contributed by atoms with Gasteiger partial charge in [-0.05, 0) is 51.4 Å². The van der Waals surface area contributed by atoms with Crippen LogP contribution in [-0.4, -0.2) is 4.57 Å². The first-order chi connectivity index (χ1) is 14.7. The first kappa shape index (κ1) is 18.9.